The lowest BCUT2D eigenvalue weighted by molar-refractivity contribution is -0.139. The van der Waals surface area contributed by atoms with Crippen molar-refractivity contribution in [2.45, 2.75) is 13.3 Å². The second-order valence-electron chi connectivity index (χ2n) is 7.27. The molecular formula is C24H25NO7. The van der Waals surface area contributed by atoms with Gasteiger partial charge in [0.2, 0.25) is 5.91 Å². The second kappa shape index (κ2) is 10.00. The van der Waals surface area contributed by atoms with Gasteiger partial charge in [0.25, 0.3) is 0 Å². The first-order valence-electron chi connectivity index (χ1n) is 9.97. The Morgan fingerprint density at radius 1 is 1.00 bits per heavy atom. The Morgan fingerprint density at radius 2 is 1.72 bits per heavy atom. The first-order chi connectivity index (χ1) is 15.4. The van der Waals surface area contributed by atoms with Gasteiger partial charge in [0.05, 0.1) is 32.9 Å². The zero-order valence-electron chi connectivity index (χ0n) is 18.4. The molecule has 1 aliphatic heterocycles. The number of anilines is 1. The minimum absolute atomic E-state index is 0.0399. The third-order valence-electron chi connectivity index (χ3n) is 5.09. The van der Waals surface area contributed by atoms with Crippen molar-refractivity contribution in [1.82, 2.24) is 0 Å². The molecule has 1 saturated heterocycles. The number of methoxy groups -OCH3 is 3. The third-order valence-corrected chi connectivity index (χ3v) is 5.09. The molecule has 1 unspecified atom stereocenters. The number of esters is 2. The molecule has 0 saturated carbocycles. The van der Waals surface area contributed by atoms with Gasteiger partial charge < -0.3 is 23.8 Å². The van der Waals surface area contributed by atoms with E-state index < -0.39 is 17.9 Å². The lowest BCUT2D eigenvalue weighted by Crippen LogP contribution is -2.27. The lowest BCUT2D eigenvalue weighted by atomic mass is 10.1. The van der Waals surface area contributed by atoms with Crippen LogP contribution in [0.15, 0.2) is 42.5 Å². The van der Waals surface area contributed by atoms with E-state index in [2.05, 4.69) is 4.74 Å². The molecule has 1 amide bonds. The van der Waals surface area contributed by atoms with E-state index in [-0.39, 0.29) is 24.6 Å². The number of nitrogens with zero attached hydrogens (tertiary/aromatic N) is 1. The monoisotopic (exact) mass is 439 g/mol. The quantitative estimate of drug-likeness (QED) is 0.372. The minimum Gasteiger partial charge on any atom is -0.495 e. The van der Waals surface area contributed by atoms with Gasteiger partial charge in [0.15, 0.2) is 11.5 Å². The van der Waals surface area contributed by atoms with Crippen LogP contribution in [0, 0.1) is 12.8 Å². The molecule has 0 N–H and O–H groups in total. The highest BCUT2D eigenvalue weighted by atomic mass is 16.6. The molecule has 0 aliphatic carbocycles. The van der Waals surface area contributed by atoms with E-state index in [1.807, 2.05) is 19.1 Å². The summed E-state index contributed by atoms with van der Waals surface area (Å²) in [7, 11) is 4.28. The molecule has 3 rings (SSSR count). The molecule has 0 bridgehead atoms. The number of aryl methyl sites for hydroxylation is 1. The Hall–Kier alpha value is -3.81. The normalized spacial score (nSPS) is 15.7. The highest BCUT2D eigenvalue weighted by Crippen LogP contribution is 2.35. The zero-order valence-corrected chi connectivity index (χ0v) is 18.4. The van der Waals surface area contributed by atoms with E-state index in [9.17, 15) is 14.4 Å². The number of rotatable bonds is 7. The average Bonchev–Trinajstić information content (AvgIpc) is 3.19. The van der Waals surface area contributed by atoms with Crippen LogP contribution in [0.5, 0.6) is 17.2 Å². The SMILES string of the molecule is COC(=O)/C=C/c1ccc(OC(=O)C2CC(=O)N(c3cc(C)ccc3OC)C2)c(OC)c1. The first kappa shape index (κ1) is 22.9. The highest BCUT2D eigenvalue weighted by Gasteiger charge is 2.37. The van der Waals surface area contributed by atoms with Gasteiger partial charge in [-0.05, 0) is 48.4 Å². The van der Waals surface area contributed by atoms with Crippen molar-refractivity contribution in [1.29, 1.82) is 0 Å². The van der Waals surface area contributed by atoms with Crippen LogP contribution >= 0.6 is 0 Å². The van der Waals surface area contributed by atoms with Crippen molar-refractivity contribution in [3.05, 3.63) is 53.6 Å². The predicted molar refractivity (Wildman–Crippen MR) is 118 cm³/mol. The van der Waals surface area contributed by atoms with Crippen LogP contribution in [0.2, 0.25) is 0 Å². The molecule has 168 valence electrons. The molecule has 0 aromatic heterocycles. The summed E-state index contributed by atoms with van der Waals surface area (Å²) in [6.07, 6.45) is 2.87. The number of amides is 1. The molecule has 2 aromatic rings. The molecule has 8 nitrogen and oxygen atoms in total. The smallest absolute Gasteiger partial charge is 0.330 e. The molecule has 1 heterocycles. The van der Waals surface area contributed by atoms with E-state index in [1.165, 1.54) is 27.4 Å². The van der Waals surface area contributed by atoms with Crippen molar-refractivity contribution in [3.63, 3.8) is 0 Å². The molecule has 1 atom stereocenters. The summed E-state index contributed by atoms with van der Waals surface area (Å²) in [5.41, 5.74) is 2.28. The van der Waals surface area contributed by atoms with Crippen molar-refractivity contribution in [2.75, 3.05) is 32.8 Å². The van der Waals surface area contributed by atoms with Gasteiger partial charge in [0, 0.05) is 19.0 Å². The van der Waals surface area contributed by atoms with Crippen LogP contribution in [0.3, 0.4) is 0 Å². The lowest BCUT2D eigenvalue weighted by Gasteiger charge is -2.20. The highest BCUT2D eigenvalue weighted by molar-refractivity contribution is 6.01. The average molecular weight is 439 g/mol. The van der Waals surface area contributed by atoms with Gasteiger partial charge in [-0.1, -0.05) is 12.1 Å². The van der Waals surface area contributed by atoms with Crippen LogP contribution in [0.25, 0.3) is 6.08 Å². The largest absolute Gasteiger partial charge is 0.495 e. The van der Waals surface area contributed by atoms with Crippen LogP contribution in [-0.4, -0.2) is 45.7 Å². The van der Waals surface area contributed by atoms with Crippen LogP contribution in [0.4, 0.5) is 5.69 Å². The van der Waals surface area contributed by atoms with Crippen molar-refractivity contribution < 1.29 is 33.3 Å². The molecule has 0 spiro atoms. The van der Waals surface area contributed by atoms with Crippen molar-refractivity contribution in [3.8, 4) is 17.2 Å². The van der Waals surface area contributed by atoms with Crippen LogP contribution in [-0.2, 0) is 19.1 Å². The Bertz CT molecular complexity index is 1060. The summed E-state index contributed by atoms with van der Waals surface area (Å²) in [6, 6.07) is 10.4. The maximum absolute atomic E-state index is 12.8. The van der Waals surface area contributed by atoms with E-state index in [1.54, 1.807) is 35.2 Å². The standard InChI is InChI=1S/C24H25NO7/c1-15-5-8-19(29-2)18(11-15)25-14-17(13-22(25)26)24(28)32-20-9-6-16(12-21(20)30-3)7-10-23(27)31-4/h5-12,17H,13-14H2,1-4H3/b10-7+. The number of ether oxygens (including phenoxy) is 4. The maximum Gasteiger partial charge on any atom is 0.330 e. The van der Waals surface area contributed by atoms with E-state index in [0.29, 0.717) is 22.7 Å². The maximum atomic E-state index is 12.8. The topological polar surface area (TPSA) is 91.4 Å². The number of hydrogen-bond donors (Lipinski definition) is 0. The molecule has 8 heteroatoms. The summed E-state index contributed by atoms with van der Waals surface area (Å²) in [5, 5.41) is 0. The van der Waals surface area contributed by atoms with Gasteiger partial charge in [-0.15, -0.1) is 0 Å². The first-order valence-corrected chi connectivity index (χ1v) is 9.97. The second-order valence-corrected chi connectivity index (χ2v) is 7.27. The zero-order chi connectivity index (χ0) is 23.3. The molecule has 0 radical (unpaired) electrons. The van der Waals surface area contributed by atoms with E-state index in [4.69, 9.17) is 14.2 Å². The van der Waals surface area contributed by atoms with Crippen molar-refractivity contribution in [2.24, 2.45) is 5.92 Å². The van der Waals surface area contributed by atoms with E-state index >= 15 is 0 Å². The third kappa shape index (κ3) is 5.08. The van der Waals surface area contributed by atoms with Gasteiger partial charge in [-0.2, -0.15) is 0 Å². The fraction of sp³-hybridized carbons (Fsp3) is 0.292. The molecule has 1 aliphatic rings. The molecular weight excluding hydrogens is 414 g/mol. The number of hydrogen-bond acceptors (Lipinski definition) is 7. The van der Waals surface area contributed by atoms with Gasteiger partial charge in [0.1, 0.15) is 5.75 Å². The summed E-state index contributed by atoms with van der Waals surface area (Å²) >= 11 is 0. The minimum atomic E-state index is -0.628. The van der Waals surface area contributed by atoms with Crippen LogP contribution in [0.1, 0.15) is 17.5 Å². The van der Waals surface area contributed by atoms with Gasteiger partial charge >= 0.3 is 11.9 Å². The Kier molecular flexibility index (Phi) is 7.14. The Labute approximate surface area is 186 Å². The van der Waals surface area contributed by atoms with Gasteiger partial charge in [-0.25, -0.2) is 4.79 Å². The summed E-state index contributed by atoms with van der Waals surface area (Å²) < 4.78 is 20.8. The Balaban J connectivity index is 1.74. The molecule has 1 fully saturated rings. The van der Waals surface area contributed by atoms with Gasteiger partial charge in [-0.3, -0.25) is 9.59 Å². The summed E-state index contributed by atoms with van der Waals surface area (Å²) in [6.45, 7) is 2.12. The number of carbonyl (C=O) groups is 3. The summed E-state index contributed by atoms with van der Waals surface area (Å²) in [4.78, 5) is 38.3. The number of benzene rings is 2. The fourth-order valence-electron chi connectivity index (χ4n) is 3.41. The van der Waals surface area contributed by atoms with Crippen molar-refractivity contribution >= 4 is 29.6 Å². The summed E-state index contributed by atoms with van der Waals surface area (Å²) in [5.74, 6) is -0.694. The molecule has 2 aromatic carbocycles. The van der Waals surface area contributed by atoms with E-state index in [0.717, 1.165) is 5.56 Å². The number of carbonyl (C=O) groups excluding carboxylic acids is 3. The molecule has 32 heavy (non-hydrogen) atoms. The Morgan fingerprint density at radius 3 is 2.41 bits per heavy atom. The van der Waals surface area contributed by atoms with Crippen LogP contribution < -0.4 is 19.1 Å². The predicted octanol–water partition coefficient (Wildman–Crippen LogP) is 3.16. The fourth-order valence-corrected chi connectivity index (χ4v) is 3.41.